The van der Waals surface area contributed by atoms with Gasteiger partial charge in [-0.05, 0) is 63.3 Å². The number of nitrogens with zero attached hydrogens (tertiary/aromatic N) is 1. The molecule has 0 saturated carbocycles. The summed E-state index contributed by atoms with van der Waals surface area (Å²) in [6.45, 7) is 13.2. The summed E-state index contributed by atoms with van der Waals surface area (Å²) in [5, 5.41) is 15.8. The number of hydrogen-bond donors (Lipinski definition) is 5. The third-order valence-electron chi connectivity index (χ3n) is 10.0. The lowest BCUT2D eigenvalue weighted by Gasteiger charge is -2.32. The van der Waals surface area contributed by atoms with Gasteiger partial charge in [0, 0.05) is 56.1 Å². The maximum atomic E-state index is 13.5. The summed E-state index contributed by atoms with van der Waals surface area (Å²) in [5.41, 5.74) is 3.38. The molecule has 4 amide bonds. The van der Waals surface area contributed by atoms with E-state index in [1.807, 2.05) is 50.2 Å². The first-order valence-corrected chi connectivity index (χ1v) is 21.4. The van der Waals surface area contributed by atoms with Crippen molar-refractivity contribution in [2.24, 2.45) is 5.92 Å². The maximum Gasteiger partial charge on any atom is 0.326 e. The van der Waals surface area contributed by atoms with Crippen LogP contribution in [-0.4, -0.2) is 50.1 Å². The number of unbranched alkanes of at least 4 members (excludes halogenated alkanes) is 15. The molecule has 2 aromatic rings. The third kappa shape index (κ3) is 15.8. The summed E-state index contributed by atoms with van der Waals surface area (Å²) in [7, 11) is 0. The maximum absolute atomic E-state index is 13.5. The predicted molar refractivity (Wildman–Crippen MR) is 225 cm³/mol. The Balaban J connectivity index is 1.24. The Bertz CT molecular complexity index is 1340. The fraction of sp³-hybridized carbons (Fsp3) is 0.659. The molecule has 1 aliphatic heterocycles. The summed E-state index contributed by atoms with van der Waals surface area (Å²) >= 11 is 0. The lowest BCUT2D eigenvalue weighted by Crippen LogP contribution is -2.49. The number of carbonyl (C=O) groups excluding carboxylic acids is 3. The molecule has 3 rings (SSSR count). The average Bonchev–Trinajstić information content (AvgIpc) is 3.15. The Morgan fingerprint density at radius 3 is 1.56 bits per heavy atom. The highest BCUT2D eigenvalue weighted by Crippen LogP contribution is 2.48. The fourth-order valence-electron chi connectivity index (χ4n) is 6.94. The molecule has 1 heterocycles. The number of fused-ring (bicyclic) bond motifs is 2. The van der Waals surface area contributed by atoms with Crippen molar-refractivity contribution in [2.45, 2.75) is 156 Å². The third-order valence-corrected chi connectivity index (χ3v) is 10.0. The van der Waals surface area contributed by atoms with E-state index in [4.69, 9.17) is 4.74 Å². The zero-order chi connectivity index (χ0) is 39.0. The summed E-state index contributed by atoms with van der Waals surface area (Å²) in [6.07, 6.45) is 20.0. The van der Waals surface area contributed by atoms with E-state index in [1.54, 1.807) is 4.90 Å². The van der Waals surface area contributed by atoms with Gasteiger partial charge in [0.2, 0.25) is 11.8 Å². The number of amides is 4. The van der Waals surface area contributed by atoms with Gasteiger partial charge in [-0.15, -0.1) is 0 Å². The van der Waals surface area contributed by atoms with Gasteiger partial charge in [-0.25, -0.2) is 4.79 Å². The van der Waals surface area contributed by atoms with E-state index in [9.17, 15) is 14.4 Å². The molecule has 302 valence electrons. The van der Waals surface area contributed by atoms with E-state index in [2.05, 4.69) is 47.4 Å². The van der Waals surface area contributed by atoms with Crippen LogP contribution in [0.15, 0.2) is 36.4 Å². The van der Waals surface area contributed by atoms with Crippen LogP contribution in [0.4, 0.5) is 27.5 Å². The molecule has 0 aliphatic carbocycles. The van der Waals surface area contributed by atoms with Gasteiger partial charge in [-0.3, -0.25) is 14.5 Å². The van der Waals surface area contributed by atoms with Gasteiger partial charge in [0.05, 0.1) is 11.4 Å². The van der Waals surface area contributed by atoms with Crippen LogP contribution in [0.25, 0.3) is 0 Å². The predicted octanol–water partition coefficient (Wildman–Crippen LogP) is 10.8. The van der Waals surface area contributed by atoms with E-state index >= 15 is 0 Å². The van der Waals surface area contributed by atoms with E-state index in [0.29, 0.717) is 31.0 Å². The Labute approximate surface area is 326 Å². The van der Waals surface area contributed by atoms with Crippen molar-refractivity contribution in [1.82, 2.24) is 16.0 Å². The van der Waals surface area contributed by atoms with Crippen molar-refractivity contribution in [2.75, 3.05) is 41.7 Å². The first kappa shape index (κ1) is 44.4. The average molecular weight is 749 g/mol. The molecular formula is C44H72N6O4. The number of urea groups is 1. The van der Waals surface area contributed by atoms with Crippen LogP contribution in [0.3, 0.4) is 0 Å². The minimum Gasteiger partial charge on any atom is -0.453 e. The summed E-state index contributed by atoms with van der Waals surface area (Å²) in [4.78, 5) is 40.5. The first-order chi connectivity index (χ1) is 26.3. The van der Waals surface area contributed by atoms with Crippen molar-refractivity contribution in [3.05, 3.63) is 36.4 Å². The van der Waals surface area contributed by atoms with Crippen molar-refractivity contribution in [1.29, 1.82) is 0 Å². The second-order valence-electron chi connectivity index (χ2n) is 15.1. The van der Waals surface area contributed by atoms with Gasteiger partial charge >= 0.3 is 6.03 Å². The number of rotatable bonds is 28. The minimum absolute atomic E-state index is 0.0103. The lowest BCUT2D eigenvalue weighted by atomic mass is 10.0. The molecule has 0 saturated heterocycles. The van der Waals surface area contributed by atoms with E-state index < -0.39 is 6.04 Å². The van der Waals surface area contributed by atoms with Gasteiger partial charge in [-0.2, -0.15) is 0 Å². The Hall–Kier alpha value is -3.95. The molecule has 0 spiro atoms. The van der Waals surface area contributed by atoms with Gasteiger partial charge in [-0.1, -0.05) is 111 Å². The van der Waals surface area contributed by atoms with Crippen LogP contribution in [0.5, 0.6) is 11.5 Å². The van der Waals surface area contributed by atoms with Gasteiger partial charge in [0.15, 0.2) is 11.5 Å². The number of anilines is 4. The molecule has 0 radical (unpaired) electrons. The van der Waals surface area contributed by atoms with Gasteiger partial charge < -0.3 is 31.3 Å². The molecular weight excluding hydrogens is 677 g/mol. The van der Waals surface area contributed by atoms with Crippen LogP contribution in [0.1, 0.15) is 150 Å². The number of hydrogen-bond acceptors (Lipinski definition) is 6. The van der Waals surface area contributed by atoms with E-state index in [0.717, 1.165) is 80.8 Å². The SMILES string of the molecule is CCCCCCCCCC(=O)N[C@H](C(=O)NCCCCCCCCCCCCNC(=O)N1c2ccc(NCC)cc2Oc2cc(NCC)ccc21)C(C)C. The standard InChI is InChI=1S/C44H72N6O4/c1-6-9-10-11-16-19-22-25-41(51)49-42(34(4)5)43(52)47-30-23-20-17-14-12-13-15-18-21-24-31-48-44(53)50-37-28-26-35(45-7-2)32-39(37)54-40-33-36(46-8-3)27-29-38(40)50/h26-29,32-34,42,45-46H,6-25,30-31H2,1-5H3,(H,47,52)(H,48,53)(H,49,51)/t42-/m0/s1. The monoisotopic (exact) mass is 749 g/mol. The summed E-state index contributed by atoms with van der Waals surface area (Å²) in [6, 6.07) is 11.1. The second-order valence-corrected chi connectivity index (χ2v) is 15.1. The van der Waals surface area contributed by atoms with Crippen molar-refractivity contribution >= 4 is 40.6 Å². The van der Waals surface area contributed by atoms with Crippen LogP contribution in [-0.2, 0) is 9.59 Å². The smallest absolute Gasteiger partial charge is 0.326 e. The molecule has 10 nitrogen and oxygen atoms in total. The zero-order valence-corrected chi connectivity index (χ0v) is 34.3. The lowest BCUT2D eigenvalue weighted by molar-refractivity contribution is -0.130. The van der Waals surface area contributed by atoms with E-state index in [-0.39, 0.29) is 23.8 Å². The van der Waals surface area contributed by atoms with Gasteiger partial charge in [0.1, 0.15) is 6.04 Å². The molecule has 0 fully saturated rings. The number of ether oxygens (including phenoxy) is 1. The summed E-state index contributed by atoms with van der Waals surface area (Å²) in [5.74, 6) is 1.29. The van der Waals surface area contributed by atoms with Crippen LogP contribution in [0.2, 0.25) is 0 Å². The zero-order valence-electron chi connectivity index (χ0n) is 34.3. The molecule has 0 unspecified atom stereocenters. The van der Waals surface area contributed by atoms with Crippen LogP contribution in [0, 0.1) is 5.92 Å². The van der Waals surface area contributed by atoms with Crippen molar-refractivity contribution < 1.29 is 19.1 Å². The second kappa shape index (κ2) is 26.0. The van der Waals surface area contributed by atoms with Crippen LogP contribution >= 0.6 is 0 Å². The Kier molecular flexibility index (Phi) is 21.4. The van der Waals surface area contributed by atoms with E-state index in [1.165, 1.54) is 64.2 Å². The quantitative estimate of drug-likeness (QED) is 0.0552. The minimum atomic E-state index is -0.466. The molecule has 0 aromatic heterocycles. The highest BCUT2D eigenvalue weighted by atomic mass is 16.5. The van der Waals surface area contributed by atoms with Crippen LogP contribution < -0.4 is 36.2 Å². The summed E-state index contributed by atoms with van der Waals surface area (Å²) < 4.78 is 6.28. The van der Waals surface area contributed by atoms with Gasteiger partial charge in [0.25, 0.3) is 0 Å². The number of carbonyl (C=O) groups is 3. The molecule has 1 atom stereocenters. The number of nitrogens with one attached hydrogen (secondary N) is 5. The molecule has 54 heavy (non-hydrogen) atoms. The topological polar surface area (TPSA) is 124 Å². The molecule has 2 aromatic carbocycles. The van der Waals surface area contributed by atoms with Crippen molar-refractivity contribution in [3.8, 4) is 11.5 Å². The molecule has 10 heteroatoms. The Morgan fingerprint density at radius 2 is 1.07 bits per heavy atom. The largest absolute Gasteiger partial charge is 0.453 e. The molecule has 0 bridgehead atoms. The number of benzene rings is 2. The highest BCUT2D eigenvalue weighted by Gasteiger charge is 2.30. The molecule has 5 N–H and O–H groups in total. The van der Waals surface area contributed by atoms with Crippen molar-refractivity contribution in [3.63, 3.8) is 0 Å². The molecule has 1 aliphatic rings. The fourth-order valence-corrected chi connectivity index (χ4v) is 6.94. The normalized spacial score (nSPS) is 12.4. The highest BCUT2D eigenvalue weighted by molar-refractivity contribution is 6.04. The Morgan fingerprint density at radius 1 is 0.611 bits per heavy atom. The first-order valence-electron chi connectivity index (χ1n) is 21.4.